The monoisotopic (exact) mass is 321 g/mol. The number of para-hydroxylation sites is 2. The van der Waals surface area contributed by atoms with Gasteiger partial charge >= 0.3 is 0 Å². The molecular formula is C18H19N5O. The van der Waals surface area contributed by atoms with Gasteiger partial charge in [-0.1, -0.05) is 12.1 Å². The van der Waals surface area contributed by atoms with Gasteiger partial charge in [-0.2, -0.15) is 5.10 Å². The molecule has 1 saturated heterocycles. The van der Waals surface area contributed by atoms with Gasteiger partial charge in [0.25, 0.3) is 5.91 Å². The SMILES string of the molecule is Cn1cc(C2CCCCN2C(=O)c2cnc3ccccc3n2)cn1. The van der Waals surface area contributed by atoms with Crippen LogP contribution in [-0.4, -0.2) is 37.1 Å². The lowest BCUT2D eigenvalue weighted by atomic mass is 9.97. The van der Waals surface area contributed by atoms with Gasteiger partial charge in [-0.25, -0.2) is 4.98 Å². The van der Waals surface area contributed by atoms with Crippen LogP contribution in [0.3, 0.4) is 0 Å². The number of rotatable bonds is 2. The molecule has 0 saturated carbocycles. The maximum atomic E-state index is 13.0. The van der Waals surface area contributed by atoms with E-state index in [0.717, 1.165) is 42.4 Å². The molecule has 6 heteroatoms. The first-order chi connectivity index (χ1) is 11.7. The van der Waals surface area contributed by atoms with Crippen LogP contribution in [0.2, 0.25) is 0 Å². The molecule has 0 bridgehead atoms. The molecule has 1 atom stereocenters. The number of nitrogens with zero attached hydrogens (tertiary/aromatic N) is 5. The molecule has 1 aliphatic heterocycles. The van der Waals surface area contributed by atoms with E-state index in [0.29, 0.717) is 5.69 Å². The highest BCUT2D eigenvalue weighted by atomic mass is 16.2. The first-order valence-electron chi connectivity index (χ1n) is 8.24. The second-order valence-corrected chi connectivity index (χ2v) is 6.20. The number of carbonyl (C=O) groups is 1. The van der Waals surface area contributed by atoms with E-state index in [4.69, 9.17) is 0 Å². The Bertz CT molecular complexity index is 888. The van der Waals surface area contributed by atoms with E-state index in [9.17, 15) is 4.79 Å². The number of likely N-dealkylation sites (tertiary alicyclic amines) is 1. The molecule has 24 heavy (non-hydrogen) atoms. The summed E-state index contributed by atoms with van der Waals surface area (Å²) in [5.74, 6) is -0.0539. The number of carbonyl (C=O) groups excluding carboxylic acids is 1. The molecular weight excluding hydrogens is 302 g/mol. The van der Waals surface area contributed by atoms with Crippen LogP contribution in [0.4, 0.5) is 0 Å². The lowest BCUT2D eigenvalue weighted by molar-refractivity contribution is 0.0605. The summed E-state index contributed by atoms with van der Waals surface area (Å²) in [5.41, 5.74) is 3.04. The Morgan fingerprint density at radius 1 is 1.17 bits per heavy atom. The molecule has 0 aliphatic carbocycles. The number of hydrogen-bond donors (Lipinski definition) is 0. The topological polar surface area (TPSA) is 63.9 Å². The van der Waals surface area contributed by atoms with Crippen molar-refractivity contribution in [3.8, 4) is 0 Å². The van der Waals surface area contributed by atoms with Gasteiger partial charge in [0.1, 0.15) is 5.69 Å². The van der Waals surface area contributed by atoms with Crippen molar-refractivity contribution in [2.24, 2.45) is 7.05 Å². The standard InChI is InChI=1S/C18H19N5O/c1-22-12-13(10-20-22)17-8-4-5-9-23(17)18(24)16-11-19-14-6-2-3-7-15(14)21-16/h2-3,6-7,10-12,17H,4-5,8-9H2,1H3. The van der Waals surface area contributed by atoms with E-state index in [1.165, 1.54) is 0 Å². The minimum absolute atomic E-state index is 0.0539. The van der Waals surface area contributed by atoms with E-state index >= 15 is 0 Å². The fourth-order valence-corrected chi connectivity index (χ4v) is 3.34. The van der Waals surface area contributed by atoms with Crippen molar-refractivity contribution in [2.45, 2.75) is 25.3 Å². The molecule has 1 aromatic carbocycles. The molecule has 1 amide bonds. The molecule has 0 N–H and O–H groups in total. The van der Waals surface area contributed by atoms with Crippen molar-refractivity contribution in [1.82, 2.24) is 24.6 Å². The predicted molar refractivity (Wildman–Crippen MR) is 90.4 cm³/mol. The molecule has 1 fully saturated rings. The van der Waals surface area contributed by atoms with Crippen LogP contribution in [0.15, 0.2) is 42.9 Å². The zero-order chi connectivity index (χ0) is 16.5. The van der Waals surface area contributed by atoms with Crippen molar-refractivity contribution in [3.63, 3.8) is 0 Å². The summed E-state index contributed by atoms with van der Waals surface area (Å²) in [4.78, 5) is 23.8. The first kappa shape index (κ1) is 14.8. The number of benzene rings is 1. The second kappa shape index (κ2) is 6.03. The highest BCUT2D eigenvalue weighted by Crippen LogP contribution is 2.31. The molecule has 2 aromatic heterocycles. The molecule has 4 rings (SSSR count). The summed E-state index contributed by atoms with van der Waals surface area (Å²) < 4.78 is 1.78. The van der Waals surface area contributed by atoms with Gasteiger partial charge in [-0.05, 0) is 31.4 Å². The fraction of sp³-hybridized carbons (Fsp3) is 0.333. The van der Waals surface area contributed by atoms with Crippen LogP contribution < -0.4 is 0 Å². The normalized spacial score (nSPS) is 18.0. The smallest absolute Gasteiger partial charge is 0.274 e. The number of fused-ring (bicyclic) bond motifs is 1. The van der Waals surface area contributed by atoms with E-state index < -0.39 is 0 Å². The lowest BCUT2D eigenvalue weighted by Crippen LogP contribution is -2.38. The fourth-order valence-electron chi connectivity index (χ4n) is 3.34. The number of piperidine rings is 1. The summed E-state index contributed by atoms with van der Waals surface area (Å²) in [7, 11) is 1.90. The number of aromatic nitrogens is 4. The molecule has 3 heterocycles. The number of hydrogen-bond acceptors (Lipinski definition) is 4. The third-order valence-corrected chi connectivity index (χ3v) is 4.54. The zero-order valence-corrected chi connectivity index (χ0v) is 13.6. The first-order valence-corrected chi connectivity index (χ1v) is 8.24. The van der Waals surface area contributed by atoms with Gasteiger partial charge < -0.3 is 4.90 Å². The van der Waals surface area contributed by atoms with Gasteiger partial charge in [0.2, 0.25) is 0 Å². The van der Waals surface area contributed by atoms with Gasteiger partial charge in [0.05, 0.1) is 29.5 Å². The molecule has 1 unspecified atom stereocenters. The van der Waals surface area contributed by atoms with Crippen LogP contribution in [0.25, 0.3) is 11.0 Å². The summed E-state index contributed by atoms with van der Waals surface area (Å²) in [6.07, 6.45) is 8.51. The van der Waals surface area contributed by atoms with Crippen molar-refractivity contribution in [2.75, 3.05) is 6.54 Å². The van der Waals surface area contributed by atoms with Crippen molar-refractivity contribution in [1.29, 1.82) is 0 Å². The summed E-state index contributed by atoms with van der Waals surface area (Å²) >= 11 is 0. The number of amides is 1. The average molecular weight is 321 g/mol. The molecule has 0 spiro atoms. The molecule has 6 nitrogen and oxygen atoms in total. The zero-order valence-electron chi connectivity index (χ0n) is 13.6. The average Bonchev–Trinajstić information content (AvgIpc) is 3.07. The van der Waals surface area contributed by atoms with Crippen molar-refractivity contribution in [3.05, 3.63) is 54.1 Å². The molecule has 1 aliphatic rings. The van der Waals surface area contributed by atoms with Crippen LogP contribution in [0.5, 0.6) is 0 Å². The van der Waals surface area contributed by atoms with Crippen LogP contribution in [-0.2, 0) is 7.05 Å². The highest BCUT2D eigenvalue weighted by Gasteiger charge is 2.30. The van der Waals surface area contributed by atoms with Gasteiger partial charge in [0, 0.05) is 25.4 Å². The predicted octanol–water partition coefficient (Wildman–Crippen LogP) is 2.73. The third-order valence-electron chi connectivity index (χ3n) is 4.54. The minimum atomic E-state index is -0.0539. The van der Waals surface area contributed by atoms with E-state index in [2.05, 4.69) is 15.1 Å². The second-order valence-electron chi connectivity index (χ2n) is 6.20. The summed E-state index contributed by atoms with van der Waals surface area (Å²) in [6.45, 7) is 0.743. The minimum Gasteiger partial charge on any atom is -0.330 e. The van der Waals surface area contributed by atoms with Crippen LogP contribution in [0.1, 0.15) is 41.4 Å². The summed E-state index contributed by atoms with van der Waals surface area (Å²) in [6, 6.07) is 7.67. The Hall–Kier alpha value is -2.76. The molecule has 122 valence electrons. The lowest BCUT2D eigenvalue weighted by Gasteiger charge is -2.35. The van der Waals surface area contributed by atoms with Crippen molar-refractivity contribution < 1.29 is 4.79 Å². The van der Waals surface area contributed by atoms with Crippen LogP contribution >= 0.6 is 0 Å². The van der Waals surface area contributed by atoms with Gasteiger partial charge in [-0.3, -0.25) is 14.5 Å². The van der Waals surface area contributed by atoms with Gasteiger partial charge in [-0.15, -0.1) is 0 Å². The van der Waals surface area contributed by atoms with E-state index in [1.807, 2.05) is 48.6 Å². The Kier molecular flexibility index (Phi) is 3.72. The Morgan fingerprint density at radius 3 is 2.79 bits per heavy atom. The van der Waals surface area contributed by atoms with Gasteiger partial charge in [0.15, 0.2) is 0 Å². The Labute approximate surface area is 140 Å². The Morgan fingerprint density at radius 2 is 2.00 bits per heavy atom. The maximum absolute atomic E-state index is 13.0. The Balaban J connectivity index is 1.67. The largest absolute Gasteiger partial charge is 0.330 e. The number of aryl methyl sites for hydroxylation is 1. The molecule has 3 aromatic rings. The highest BCUT2D eigenvalue weighted by molar-refractivity contribution is 5.94. The third kappa shape index (κ3) is 2.64. The van der Waals surface area contributed by atoms with E-state index in [-0.39, 0.29) is 11.9 Å². The van der Waals surface area contributed by atoms with Crippen molar-refractivity contribution >= 4 is 16.9 Å². The molecule has 0 radical (unpaired) electrons. The quantitative estimate of drug-likeness (QED) is 0.728. The summed E-state index contributed by atoms with van der Waals surface area (Å²) in [5, 5.41) is 4.25. The maximum Gasteiger partial charge on any atom is 0.274 e. The van der Waals surface area contributed by atoms with E-state index in [1.54, 1.807) is 10.9 Å². The van der Waals surface area contributed by atoms with Crippen LogP contribution in [0, 0.1) is 0 Å².